The summed E-state index contributed by atoms with van der Waals surface area (Å²) in [6.45, 7) is 5.08. The highest BCUT2D eigenvalue weighted by Gasteiger charge is 2.22. The molecule has 12 heavy (non-hydrogen) atoms. The summed E-state index contributed by atoms with van der Waals surface area (Å²) in [5.74, 6) is -0.755. The van der Waals surface area contributed by atoms with Crippen molar-refractivity contribution >= 4 is 12.3 Å². The zero-order valence-corrected chi connectivity index (χ0v) is 7.53. The van der Waals surface area contributed by atoms with Crippen LogP contribution in [0, 0.1) is 0 Å². The van der Waals surface area contributed by atoms with Gasteiger partial charge in [-0.25, -0.2) is 4.79 Å². The second kappa shape index (κ2) is 4.21. The minimum atomic E-state index is -1.33. The smallest absolute Gasteiger partial charge is 0.335 e. The summed E-state index contributed by atoms with van der Waals surface area (Å²) < 4.78 is 4.80. The standard InChI is InChI=1S/C8H14O4/c1-8(2,3)12-7(11)6(10)4-5-9/h5-6,10H,4H2,1-3H3. The molecule has 0 aliphatic heterocycles. The molecule has 0 bridgehead atoms. The van der Waals surface area contributed by atoms with Crippen LogP contribution in [0.3, 0.4) is 0 Å². The van der Waals surface area contributed by atoms with E-state index in [1.165, 1.54) is 0 Å². The maximum Gasteiger partial charge on any atom is 0.335 e. The summed E-state index contributed by atoms with van der Waals surface area (Å²) in [5, 5.41) is 8.98. The first kappa shape index (κ1) is 11.1. The topological polar surface area (TPSA) is 63.6 Å². The van der Waals surface area contributed by atoms with Crippen molar-refractivity contribution in [1.29, 1.82) is 0 Å². The predicted molar refractivity (Wildman–Crippen MR) is 42.5 cm³/mol. The van der Waals surface area contributed by atoms with E-state index in [4.69, 9.17) is 9.84 Å². The first-order chi connectivity index (χ1) is 5.37. The molecule has 0 fully saturated rings. The van der Waals surface area contributed by atoms with E-state index in [2.05, 4.69) is 0 Å². The van der Waals surface area contributed by atoms with Gasteiger partial charge in [0.25, 0.3) is 0 Å². The number of hydrogen-bond donors (Lipinski definition) is 1. The molecule has 0 radical (unpaired) electrons. The summed E-state index contributed by atoms with van der Waals surface area (Å²) in [6, 6.07) is 0. The molecule has 0 saturated carbocycles. The molecule has 0 heterocycles. The fraction of sp³-hybridized carbons (Fsp3) is 0.750. The second-order valence-electron chi connectivity index (χ2n) is 3.45. The van der Waals surface area contributed by atoms with E-state index in [0.717, 1.165) is 0 Å². The number of ether oxygens (including phenoxy) is 1. The highest BCUT2D eigenvalue weighted by molar-refractivity contribution is 5.77. The van der Waals surface area contributed by atoms with Crippen LogP contribution in [-0.2, 0) is 14.3 Å². The molecule has 0 aromatic rings. The van der Waals surface area contributed by atoms with E-state index in [1.807, 2.05) is 0 Å². The molecule has 70 valence electrons. The highest BCUT2D eigenvalue weighted by atomic mass is 16.6. The van der Waals surface area contributed by atoms with Gasteiger partial charge in [-0.15, -0.1) is 0 Å². The van der Waals surface area contributed by atoms with E-state index in [-0.39, 0.29) is 6.42 Å². The van der Waals surface area contributed by atoms with Crippen molar-refractivity contribution in [2.45, 2.75) is 38.9 Å². The van der Waals surface area contributed by atoms with Gasteiger partial charge in [0.2, 0.25) is 0 Å². The highest BCUT2D eigenvalue weighted by Crippen LogP contribution is 2.08. The van der Waals surface area contributed by atoms with Crippen molar-refractivity contribution in [3.05, 3.63) is 0 Å². The first-order valence-electron chi connectivity index (χ1n) is 3.71. The Bertz CT molecular complexity index is 168. The van der Waals surface area contributed by atoms with Crippen molar-refractivity contribution < 1.29 is 19.4 Å². The number of rotatable bonds is 3. The molecular formula is C8H14O4. The van der Waals surface area contributed by atoms with Crippen LogP contribution in [0.25, 0.3) is 0 Å². The van der Waals surface area contributed by atoms with Gasteiger partial charge in [-0.2, -0.15) is 0 Å². The minimum absolute atomic E-state index is 0.213. The molecule has 0 saturated heterocycles. The second-order valence-corrected chi connectivity index (χ2v) is 3.45. The number of aliphatic hydroxyl groups excluding tert-OH is 1. The predicted octanol–water partition coefficient (Wildman–Crippen LogP) is 0.278. The van der Waals surface area contributed by atoms with Gasteiger partial charge in [0.05, 0.1) is 0 Å². The van der Waals surface area contributed by atoms with E-state index in [9.17, 15) is 9.59 Å². The molecule has 0 aliphatic carbocycles. The molecule has 0 spiro atoms. The van der Waals surface area contributed by atoms with Gasteiger partial charge in [-0.1, -0.05) is 0 Å². The number of carbonyl (C=O) groups is 2. The van der Waals surface area contributed by atoms with Gasteiger partial charge in [0, 0.05) is 6.42 Å². The number of hydrogen-bond acceptors (Lipinski definition) is 4. The number of aldehydes is 1. The number of aliphatic hydroxyl groups is 1. The summed E-state index contributed by atoms with van der Waals surface area (Å²) in [7, 11) is 0. The van der Waals surface area contributed by atoms with E-state index in [0.29, 0.717) is 6.29 Å². The molecule has 0 aromatic heterocycles. The third-order valence-electron chi connectivity index (χ3n) is 0.998. The van der Waals surface area contributed by atoms with E-state index < -0.39 is 17.7 Å². The lowest BCUT2D eigenvalue weighted by atomic mass is 10.2. The quantitative estimate of drug-likeness (QED) is 0.493. The third kappa shape index (κ3) is 4.85. The normalized spacial score (nSPS) is 13.7. The van der Waals surface area contributed by atoms with E-state index >= 15 is 0 Å². The van der Waals surface area contributed by atoms with Gasteiger partial charge in [0.15, 0.2) is 6.10 Å². The Morgan fingerprint density at radius 2 is 2.08 bits per heavy atom. The fourth-order valence-electron chi connectivity index (χ4n) is 0.557. The Morgan fingerprint density at radius 3 is 2.42 bits per heavy atom. The maximum atomic E-state index is 10.9. The Hall–Kier alpha value is -0.900. The van der Waals surface area contributed by atoms with Crippen LogP contribution < -0.4 is 0 Å². The molecule has 0 rings (SSSR count). The molecule has 0 aliphatic rings. The molecule has 0 amide bonds. The Kier molecular flexibility index (Phi) is 3.89. The molecule has 4 heteroatoms. The molecular weight excluding hydrogens is 160 g/mol. The number of esters is 1. The maximum absolute atomic E-state index is 10.9. The number of carbonyl (C=O) groups excluding carboxylic acids is 2. The summed E-state index contributed by atoms with van der Waals surface area (Å²) in [6.07, 6.45) is -1.06. The van der Waals surface area contributed by atoms with Crippen molar-refractivity contribution in [1.82, 2.24) is 0 Å². The Morgan fingerprint density at radius 1 is 1.58 bits per heavy atom. The van der Waals surface area contributed by atoms with Crippen molar-refractivity contribution in [3.63, 3.8) is 0 Å². The summed E-state index contributed by atoms with van der Waals surface area (Å²) >= 11 is 0. The summed E-state index contributed by atoms with van der Waals surface area (Å²) in [5.41, 5.74) is -0.624. The van der Waals surface area contributed by atoms with Crippen LogP contribution >= 0.6 is 0 Å². The van der Waals surface area contributed by atoms with Crippen LogP contribution in [0.15, 0.2) is 0 Å². The monoisotopic (exact) mass is 174 g/mol. The van der Waals surface area contributed by atoms with Crippen molar-refractivity contribution in [3.8, 4) is 0 Å². The van der Waals surface area contributed by atoms with Gasteiger partial charge in [-0.05, 0) is 20.8 Å². The minimum Gasteiger partial charge on any atom is -0.458 e. The SMILES string of the molecule is CC(C)(C)OC(=O)C(O)CC=O. The Labute approximate surface area is 71.5 Å². The van der Waals surface area contributed by atoms with Crippen molar-refractivity contribution in [2.24, 2.45) is 0 Å². The molecule has 1 atom stereocenters. The molecule has 1 unspecified atom stereocenters. The molecule has 0 aromatic carbocycles. The van der Waals surface area contributed by atoms with Crippen LogP contribution in [0.4, 0.5) is 0 Å². The van der Waals surface area contributed by atoms with Gasteiger partial charge in [0.1, 0.15) is 11.9 Å². The van der Waals surface area contributed by atoms with Gasteiger partial charge in [-0.3, -0.25) is 0 Å². The summed E-state index contributed by atoms with van der Waals surface area (Å²) in [4.78, 5) is 20.8. The largest absolute Gasteiger partial charge is 0.458 e. The molecule has 4 nitrogen and oxygen atoms in total. The zero-order chi connectivity index (χ0) is 9.78. The van der Waals surface area contributed by atoms with Gasteiger partial charge >= 0.3 is 5.97 Å². The lowest BCUT2D eigenvalue weighted by Crippen LogP contribution is -2.31. The average molecular weight is 174 g/mol. The fourth-order valence-corrected chi connectivity index (χ4v) is 0.557. The lowest BCUT2D eigenvalue weighted by Gasteiger charge is -2.20. The van der Waals surface area contributed by atoms with Gasteiger partial charge < -0.3 is 14.6 Å². The third-order valence-corrected chi connectivity index (χ3v) is 0.998. The van der Waals surface area contributed by atoms with Crippen LogP contribution in [0.5, 0.6) is 0 Å². The van der Waals surface area contributed by atoms with E-state index in [1.54, 1.807) is 20.8 Å². The zero-order valence-electron chi connectivity index (χ0n) is 7.53. The average Bonchev–Trinajstić information content (AvgIpc) is 1.84. The lowest BCUT2D eigenvalue weighted by molar-refractivity contribution is -0.165. The Balaban J connectivity index is 3.95. The van der Waals surface area contributed by atoms with Crippen LogP contribution in [0.2, 0.25) is 0 Å². The van der Waals surface area contributed by atoms with Crippen LogP contribution in [0.1, 0.15) is 27.2 Å². The van der Waals surface area contributed by atoms with Crippen LogP contribution in [-0.4, -0.2) is 29.1 Å². The first-order valence-corrected chi connectivity index (χ1v) is 3.71. The molecule has 1 N–H and O–H groups in total. The van der Waals surface area contributed by atoms with Crippen molar-refractivity contribution in [2.75, 3.05) is 0 Å².